The van der Waals surface area contributed by atoms with Gasteiger partial charge in [0.25, 0.3) is 5.91 Å². The maximum absolute atomic E-state index is 12.6. The quantitative estimate of drug-likeness (QED) is 0.727. The Morgan fingerprint density at radius 3 is 2.68 bits per heavy atom. The van der Waals surface area contributed by atoms with Gasteiger partial charge in [-0.1, -0.05) is 53.0 Å². The second-order valence-corrected chi connectivity index (χ2v) is 6.66. The van der Waals surface area contributed by atoms with Gasteiger partial charge in [-0.2, -0.15) is 0 Å². The van der Waals surface area contributed by atoms with Gasteiger partial charge in [-0.15, -0.1) is 0 Å². The molecule has 2 aromatic rings. The third-order valence-electron chi connectivity index (χ3n) is 3.90. The van der Waals surface area contributed by atoms with Gasteiger partial charge in [-0.25, -0.2) is 9.78 Å². The van der Waals surface area contributed by atoms with Gasteiger partial charge in [0.1, 0.15) is 0 Å². The fourth-order valence-corrected chi connectivity index (χ4v) is 3.20. The molecule has 0 N–H and O–H groups in total. The molecule has 8 heteroatoms. The van der Waals surface area contributed by atoms with Crippen molar-refractivity contribution in [2.45, 2.75) is 19.4 Å². The van der Waals surface area contributed by atoms with E-state index in [2.05, 4.69) is 4.98 Å². The number of para-hydroxylation sites is 1. The summed E-state index contributed by atoms with van der Waals surface area (Å²) < 4.78 is 5.22. The Labute approximate surface area is 159 Å². The molecule has 0 fully saturated rings. The number of rotatable bonds is 3. The van der Waals surface area contributed by atoms with Crippen molar-refractivity contribution in [2.24, 2.45) is 0 Å². The molecule has 0 spiro atoms. The summed E-state index contributed by atoms with van der Waals surface area (Å²) in [6.45, 7) is 2.05. The molecule has 0 aliphatic carbocycles. The van der Waals surface area contributed by atoms with Crippen molar-refractivity contribution in [3.8, 4) is 0 Å². The van der Waals surface area contributed by atoms with Crippen LogP contribution in [0.3, 0.4) is 0 Å². The van der Waals surface area contributed by atoms with Crippen molar-refractivity contribution < 1.29 is 14.3 Å². The number of amides is 1. The van der Waals surface area contributed by atoms with E-state index in [1.54, 1.807) is 4.90 Å². The van der Waals surface area contributed by atoms with Crippen LogP contribution < -0.4 is 4.90 Å². The molecule has 0 unspecified atom stereocenters. The molecule has 1 amide bonds. The minimum Gasteiger partial charge on any atom is -0.448 e. The molecule has 1 aromatic heterocycles. The predicted octanol–water partition coefficient (Wildman–Crippen LogP) is 4.18. The van der Waals surface area contributed by atoms with Crippen LogP contribution in [-0.4, -0.2) is 29.5 Å². The van der Waals surface area contributed by atoms with Crippen LogP contribution >= 0.6 is 34.8 Å². The highest BCUT2D eigenvalue weighted by atomic mass is 35.5. The van der Waals surface area contributed by atoms with Gasteiger partial charge in [0, 0.05) is 18.4 Å². The fraction of sp³-hybridized carbons (Fsp3) is 0.235. The van der Waals surface area contributed by atoms with Crippen LogP contribution in [0.2, 0.25) is 15.1 Å². The summed E-state index contributed by atoms with van der Waals surface area (Å²) in [6.07, 6.45) is 0.976. The van der Waals surface area contributed by atoms with Crippen molar-refractivity contribution >= 4 is 52.4 Å². The Bertz CT molecular complexity index is 857. The van der Waals surface area contributed by atoms with Crippen molar-refractivity contribution in [3.63, 3.8) is 0 Å². The Hall–Kier alpha value is -1.82. The zero-order valence-corrected chi connectivity index (χ0v) is 15.4. The average molecular weight is 400 g/mol. The number of ether oxygens (including phenoxy) is 1. The van der Waals surface area contributed by atoms with Crippen LogP contribution in [0.15, 0.2) is 30.5 Å². The van der Waals surface area contributed by atoms with Crippen molar-refractivity contribution in [3.05, 3.63) is 56.8 Å². The molecule has 0 saturated carbocycles. The molecule has 1 aromatic carbocycles. The largest absolute Gasteiger partial charge is 0.448 e. The molecule has 5 nitrogen and oxygen atoms in total. The second kappa shape index (κ2) is 7.20. The molecule has 25 heavy (non-hydrogen) atoms. The van der Waals surface area contributed by atoms with E-state index in [9.17, 15) is 9.59 Å². The van der Waals surface area contributed by atoms with E-state index < -0.39 is 12.1 Å². The monoisotopic (exact) mass is 398 g/mol. The van der Waals surface area contributed by atoms with Gasteiger partial charge >= 0.3 is 5.97 Å². The molecule has 0 bridgehead atoms. The summed E-state index contributed by atoms with van der Waals surface area (Å²) in [5.74, 6) is -1.15. The zero-order chi connectivity index (χ0) is 18.1. The van der Waals surface area contributed by atoms with E-state index in [4.69, 9.17) is 39.5 Å². The molecule has 3 rings (SSSR count). The topological polar surface area (TPSA) is 59.5 Å². The highest BCUT2D eigenvalue weighted by Gasteiger charge is 2.31. The number of anilines is 1. The summed E-state index contributed by atoms with van der Waals surface area (Å²) >= 11 is 17.7. The van der Waals surface area contributed by atoms with E-state index in [0.29, 0.717) is 6.54 Å². The average Bonchev–Trinajstić information content (AvgIpc) is 3.03. The van der Waals surface area contributed by atoms with E-state index in [1.165, 1.54) is 13.1 Å². The Balaban J connectivity index is 1.74. The van der Waals surface area contributed by atoms with Crippen LogP contribution in [0.25, 0.3) is 0 Å². The Morgan fingerprint density at radius 2 is 1.92 bits per heavy atom. The molecule has 1 atom stereocenters. The third-order valence-corrected chi connectivity index (χ3v) is 5.14. The number of hydrogen-bond acceptors (Lipinski definition) is 4. The minimum absolute atomic E-state index is 0.0118. The maximum atomic E-state index is 12.6. The van der Waals surface area contributed by atoms with Crippen LogP contribution in [0.5, 0.6) is 0 Å². The predicted molar refractivity (Wildman–Crippen MR) is 96.6 cm³/mol. The number of hydrogen-bond donors (Lipinski definition) is 0. The first-order valence-corrected chi connectivity index (χ1v) is 8.63. The molecule has 0 radical (unpaired) electrons. The van der Waals surface area contributed by atoms with Gasteiger partial charge in [0.15, 0.2) is 11.8 Å². The number of esters is 1. The maximum Gasteiger partial charge on any atom is 0.359 e. The molecule has 1 aliphatic heterocycles. The van der Waals surface area contributed by atoms with Crippen LogP contribution in [0.1, 0.15) is 23.0 Å². The van der Waals surface area contributed by atoms with E-state index in [1.807, 2.05) is 24.3 Å². The van der Waals surface area contributed by atoms with Crippen LogP contribution in [0, 0.1) is 0 Å². The Kier molecular flexibility index (Phi) is 5.18. The van der Waals surface area contributed by atoms with Gasteiger partial charge < -0.3 is 9.64 Å². The van der Waals surface area contributed by atoms with Gasteiger partial charge in [-0.05, 0) is 25.0 Å². The zero-order valence-electron chi connectivity index (χ0n) is 13.1. The Morgan fingerprint density at radius 1 is 1.20 bits per heavy atom. The van der Waals surface area contributed by atoms with Crippen LogP contribution in [-0.2, 0) is 16.0 Å². The molecule has 1 aliphatic rings. The molecule has 130 valence electrons. The number of carbonyl (C=O) groups excluding carboxylic acids is 2. The molecular weight excluding hydrogens is 387 g/mol. The van der Waals surface area contributed by atoms with Crippen molar-refractivity contribution in [1.29, 1.82) is 0 Å². The van der Waals surface area contributed by atoms with E-state index in [-0.39, 0.29) is 26.7 Å². The standard InChI is InChI=1S/C17H13Cl3N2O3/c1-9(16(23)22-7-6-10-4-2-3-5-12(10)22)25-17(24)15-14(20)13(19)11(18)8-21-15/h2-5,8-9H,6-7H2,1H3/t9-/m1/s1. The second-order valence-electron chi connectivity index (χ2n) is 5.50. The summed E-state index contributed by atoms with van der Waals surface area (Å²) in [5.41, 5.74) is 1.74. The number of fused-ring (bicyclic) bond motifs is 1. The van der Waals surface area contributed by atoms with Crippen molar-refractivity contribution in [2.75, 3.05) is 11.4 Å². The first-order valence-electron chi connectivity index (χ1n) is 7.50. The summed E-state index contributed by atoms with van der Waals surface area (Å²) in [7, 11) is 0. The fourth-order valence-electron chi connectivity index (χ4n) is 2.64. The lowest BCUT2D eigenvalue weighted by atomic mass is 10.2. The minimum atomic E-state index is -0.994. The molecule has 2 heterocycles. The summed E-state index contributed by atoms with van der Waals surface area (Å²) in [4.78, 5) is 30.3. The van der Waals surface area contributed by atoms with Crippen LogP contribution in [0.4, 0.5) is 5.69 Å². The summed E-state index contributed by atoms with van der Waals surface area (Å²) in [6, 6.07) is 7.62. The summed E-state index contributed by atoms with van der Waals surface area (Å²) in [5, 5.41) is 0.0316. The lowest BCUT2D eigenvalue weighted by molar-refractivity contribution is -0.126. The lowest BCUT2D eigenvalue weighted by Crippen LogP contribution is -2.39. The highest BCUT2D eigenvalue weighted by Crippen LogP contribution is 2.32. The number of aromatic nitrogens is 1. The number of halogens is 3. The SMILES string of the molecule is C[C@@H](OC(=O)c1ncc(Cl)c(Cl)c1Cl)C(=O)N1CCc2ccccc21. The van der Waals surface area contributed by atoms with Gasteiger partial charge in [0.05, 0.1) is 15.1 Å². The smallest absolute Gasteiger partial charge is 0.359 e. The lowest BCUT2D eigenvalue weighted by Gasteiger charge is -2.21. The van der Waals surface area contributed by atoms with Gasteiger partial charge in [-0.3, -0.25) is 4.79 Å². The number of nitrogens with zero attached hydrogens (tertiary/aromatic N) is 2. The normalized spacial score (nSPS) is 14.2. The van der Waals surface area contributed by atoms with E-state index >= 15 is 0 Å². The number of pyridine rings is 1. The first kappa shape index (κ1) is 18.0. The number of benzene rings is 1. The van der Waals surface area contributed by atoms with E-state index in [0.717, 1.165) is 17.7 Å². The number of carbonyl (C=O) groups is 2. The molecule has 0 saturated heterocycles. The first-order chi connectivity index (χ1) is 11.9. The third kappa shape index (κ3) is 3.45. The van der Waals surface area contributed by atoms with Gasteiger partial charge in [0.2, 0.25) is 0 Å². The van der Waals surface area contributed by atoms with Crippen molar-refractivity contribution in [1.82, 2.24) is 4.98 Å². The highest BCUT2D eigenvalue weighted by molar-refractivity contribution is 6.48. The molecular formula is C17H13Cl3N2O3.